The van der Waals surface area contributed by atoms with Gasteiger partial charge in [0.2, 0.25) is 0 Å². The van der Waals surface area contributed by atoms with Gasteiger partial charge in [-0.3, -0.25) is 0 Å². The molecule has 0 aliphatic rings. The van der Waals surface area contributed by atoms with Gasteiger partial charge in [0.15, 0.2) is 0 Å². The smallest absolute Gasteiger partial charge is 0.199 e. The lowest BCUT2D eigenvalue weighted by atomic mass is 10.2. The van der Waals surface area contributed by atoms with Gasteiger partial charge in [-0.15, -0.1) is 0 Å². The Kier molecular flexibility index (Phi) is 3.06. The van der Waals surface area contributed by atoms with E-state index < -0.39 is 10.0 Å². The van der Waals surface area contributed by atoms with Gasteiger partial charge in [-0.25, -0.2) is 0 Å². The number of rotatable bonds is 2. The molecule has 0 N–H and O–H groups in total. The zero-order valence-electron chi connectivity index (χ0n) is 8.48. The predicted octanol–water partition coefficient (Wildman–Crippen LogP) is 2.16. The molecule has 0 bridgehead atoms. The lowest BCUT2D eigenvalue weighted by Crippen LogP contribution is -1.99. The summed E-state index contributed by atoms with van der Waals surface area (Å²) >= 11 is 0. The molecule has 76 valence electrons. The van der Waals surface area contributed by atoms with Crippen LogP contribution < -0.4 is 0 Å². The second kappa shape index (κ2) is 3.92. The fraction of sp³-hybridized carbons (Fsp3) is 0.300. The molecule has 4 heteroatoms. The normalized spacial score (nSPS) is 11.1. The van der Waals surface area contributed by atoms with E-state index in [2.05, 4.69) is 4.40 Å². The van der Waals surface area contributed by atoms with E-state index in [1.54, 1.807) is 38.1 Å². The highest BCUT2D eigenvalue weighted by Gasteiger charge is 2.10. The Bertz CT molecular complexity index is 440. The fourth-order valence-electron chi connectivity index (χ4n) is 1.00. The quantitative estimate of drug-likeness (QED) is 0.704. The second-order valence-electron chi connectivity index (χ2n) is 3.33. The SMILES string of the molecule is CC(C)=NS(=O)(=O)c1ccc(C)cc1. The number of sulfonamides is 1. The van der Waals surface area contributed by atoms with Crippen LogP contribution in [0.3, 0.4) is 0 Å². The minimum Gasteiger partial charge on any atom is -0.199 e. The third-order valence-corrected chi connectivity index (χ3v) is 3.09. The third-order valence-electron chi connectivity index (χ3n) is 1.62. The number of aryl methyl sites for hydroxylation is 1. The molecular weight excluding hydrogens is 198 g/mol. The molecule has 0 aliphatic carbocycles. The van der Waals surface area contributed by atoms with Crippen molar-refractivity contribution in [1.82, 2.24) is 0 Å². The maximum atomic E-state index is 11.6. The average molecular weight is 211 g/mol. The van der Waals surface area contributed by atoms with Crippen molar-refractivity contribution < 1.29 is 8.42 Å². The van der Waals surface area contributed by atoms with Crippen LogP contribution >= 0.6 is 0 Å². The van der Waals surface area contributed by atoms with E-state index in [1.165, 1.54) is 0 Å². The molecule has 0 spiro atoms. The van der Waals surface area contributed by atoms with E-state index in [1.807, 2.05) is 6.92 Å². The topological polar surface area (TPSA) is 46.5 Å². The molecule has 0 atom stereocenters. The first-order chi connectivity index (χ1) is 6.42. The largest absolute Gasteiger partial charge is 0.282 e. The van der Waals surface area contributed by atoms with Crippen molar-refractivity contribution in [3.8, 4) is 0 Å². The van der Waals surface area contributed by atoms with Gasteiger partial charge < -0.3 is 0 Å². The van der Waals surface area contributed by atoms with Crippen LogP contribution in [0.25, 0.3) is 0 Å². The highest BCUT2D eigenvalue weighted by molar-refractivity contribution is 7.90. The molecule has 1 aromatic rings. The first-order valence-corrected chi connectivity index (χ1v) is 5.71. The van der Waals surface area contributed by atoms with Crippen LogP contribution in [0.4, 0.5) is 0 Å². The first-order valence-electron chi connectivity index (χ1n) is 4.27. The molecule has 0 fully saturated rings. The van der Waals surface area contributed by atoms with Crippen LogP contribution in [0.5, 0.6) is 0 Å². The highest BCUT2D eigenvalue weighted by atomic mass is 32.2. The van der Waals surface area contributed by atoms with Crippen molar-refractivity contribution in [3.05, 3.63) is 29.8 Å². The molecule has 0 amide bonds. The fourth-order valence-corrected chi connectivity index (χ4v) is 2.07. The molecule has 3 nitrogen and oxygen atoms in total. The van der Waals surface area contributed by atoms with Gasteiger partial charge in [0.1, 0.15) is 0 Å². The number of hydrogen-bond acceptors (Lipinski definition) is 2. The van der Waals surface area contributed by atoms with Crippen LogP contribution in [-0.2, 0) is 10.0 Å². The van der Waals surface area contributed by atoms with E-state index >= 15 is 0 Å². The predicted molar refractivity (Wildman–Crippen MR) is 57.1 cm³/mol. The van der Waals surface area contributed by atoms with Gasteiger partial charge in [0.25, 0.3) is 10.0 Å². The summed E-state index contributed by atoms with van der Waals surface area (Å²) < 4.78 is 26.7. The summed E-state index contributed by atoms with van der Waals surface area (Å²) in [6.07, 6.45) is 0. The summed E-state index contributed by atoms with van der Waals surface area (Å²) in [5.74, 6) is 0. The van der Waals surface area contributed by atoms with Gasteiger partial charge in [0, 0.05) is 5.71 Å². The van der Waals surface area contributed by atoms with Crippen molar-refractivity contribution in [2.75, 3.05) is 0 Å². The van der Waals surface area contributed by atoms with Crippen LogP contribution in [0.1, 0.15) is 19.4 Å². The van der Waals surface area contributed by atoms with E-state index in [9.17, 15) is 8.42 Å². The summed E-state index contributed by atoms with van der Waals surface area (Å²) in [5.41, 5.74) is 1.56. The van der Waals surface area contributed by atoms with Crippen molar-refractivity contribution in [3.63, 3.8) is 0 Å². The Hall–Kier alpha value is -1.16. The van der Waals surface area contributed by atoms with Crippen LogP contribution in [0.2, 0.25) is 0 Å². The van der Waals surface area contributed by atoms with Gasteiger partial charge in [-0.2, -0.15) is 12.8 Å². The van der Waals surface area contributed by atoms with Crippen LogP contribution in [0, 0.1) is 6.92 Å². The monoisotopic (exact) mass is 211 g/mol. The molecule has 0 saturated heterocycles. The molecule has 0 saturated carbocycles. The van der Waals surface area contributed by atoms with E-state index in [4.69, 9.17) is 0 Å². The maximum Gasteiger partial charge on any atom is 0.282 e. The Morgan fingerprint density at radius 2 is 1.64 bits per heavy atom. The molecular formula is C10H13NO2S. The highest BCUT2D eigenvalue weighted by Crippen LogP contribution is 2.13. The molecule has 1 rings (SSSR count). The third kappa shape index (κ3) is 2.67. The second-order valence-corrected chi connectivity index (χ2v) is 4.93. The first kappa shape index (κ1) is 10.9. The molecule has 1 aromatic carbocycles. The summed E-state index contributed by atoms with van der Waals surface area (Å²) in [7, 11) is -3.49. The summed E-state index contributed by atoms with van der Waals surface area (Å²) in [4.78, 5) is 0.240. The number of hydrogen-bond donors (Lipinski definition) is 0. The van der Waals surface area contributed by atoms with Gasteiger partial charge in [0.05, 0.1) is 4.90 Å². The van der Waals surface area contributed by atoms with Crippen molar-refractivity contribution in [2.24, 2.45) is 4.40 Å². The van der Waals surface area contributed by atoms with E-state index in [0.717, 1.165) is 5.56 Å². The average Bonchev–Trinajstić information content (AvgIpc) is 2.02. The van der Waals surface area contributed by atoms with E-state index in [-0.39, 0.29) is 4.90 Å². The van der Waals surface area contributed by atoms with Gasteiger partial charge in [-0.05, 0) is 32.9 Å². The zero-order valence-corrected chi connectivity index (χ0v) is 9.30. The Labute approximate surface area is 84.5 Å². The summed E-state index contributed by atoms with van der Waals surface area (Å²) in [5, 5.41) is 0. The molecule has 0 unspecified atom stereocenters. The summed E-state index contributed by atoms with van der Waals surface area (Å²) in [6.45, 7) is 5.22. The molecule has 0 aliphatic heterocycles. The van der Waals surface area contributed by atoms with Crippen LogP contribution in [-0.4, -0.2) is 14.1 Å². The number of nitrogens with zero attached hydrogens (tertiary/aromatic N) is 1. The minimum absolute atomic E-state index is 0.240. The standard InChI is InChI=1S/C10H13NO2S/c1-8(2)11-14(12,13)10-6-4-9(3)5-7-10/h4-7H,1-3H3. The Balaban J connectivity index is 3.18. The van der Waals surface area contributed by atoms with Crippen molar-refractivity contribution in [2.45, 2.75) is 25.7 Å². The van der Waals surface area contributed by atoms with Crippen LogP contribution in [0.15, 0.2) is 33.6 Å². The molecule has 0 aromatic heterocycles. The molecule has 0 radical (unpaired) electrons. The lowest BCUT2D eigenvalue weighted by molar-refractivity contribution is 0.598. The van der Waals surface area contributed by atoms with Gasteiger partial charge >= 0.3 is 0 Å². The number of benzene rings is 1. The van der Waals surface area contributed by atoms with E-state index in [0.29, 0.717) is 5.71 Å². The zero-order chi connectivity index (χ0) is 10.8. The minimum atomic E-state index is -3.49. The van der Waals surface area contributed by atoms with Gasteiger partial charge in [-0.1, -0.05) is 17.7 Å². The lowest BCUT2D eigenvalue weighted by Gasteiger charge is -1.99. The Morgan fingerprint density at radius 1 is 1.14 bits per heavy atom. The van der Waals surface area contributed by atoms with Crippen molar-refractivity contribution >= 4 is 15.7 Å². The summed E-state index contributed by atoms with van der Waals surface area (Å²) in [6, 6.07) is 6.65. The van der Waals surface area contributed by atoms with Crippen molar-refractivity contribution in [1.29, 1.82) is 0 Å². The molecule has 14 heavy (non-hydrogen) atoms. The molecule has 0 heterocycles. The maximum absolute atomic E-state index is 11.6. The Morgan fingerprint density at radius 3 is 2.07 bits per heavy atom.